The van der Waals surface area contributed by atoms with E-state index in [-0.39, 0.29) is 5.97 Å². The number of carbonyl (C=O) groups excluding carboxylic acids is 1. The Kier molecular flexibility index (Phi) is 10.5. The number of rotatable bonds is 13. The highest BCUT2D eigenvalue weighted by atomic mass is 32.2. The van der Waals surface area contributed by atoms with Gasteiger partial charge in [0.05, 0.1) is 22.8 Å². The standard InChI is InChI=1S/C23H32N2O3S/c1-3-5-7-11-15-27-23(26)18-16-20(25-14-6-4-2)22(21(17-18)29-24)28-19-12-9-8-10-13-19/h8-10,12-13,16-17,25H,3-7,11,14-15,24H2,1-2H3. The predicted octanol–water partition coefficient (Wildman–Crippen LogP) is 6.39. The third kappa shape index (κ3) is 7.63. The van der Waals surface area contributed by atoms with E-state index in [1.54, 1.807) is 12.1 Å². The van der Waals surface area contributed by atoms with Crippen molar-refractivity contribution < 1.29 is 14.3 Å². The zero-order valence-corrected chi connectivity index (χ0v) is 18.2. The maximum absolute atomic E-state index is 12.6. The van der Waals surface area contributed by atoms with E-state index in [4.69, 9.17) is 14.6 Å². The molecule has 2 aromatic rings. The number of anilines is 1. The van der Waals surface area contributed by atoms with Gasteiger partial charge in [-0.25, -0.2) is 4.79 Å². The zero-order chi connectivity index (χ0) is 20.9. The van der Waals surface area contributed by atoms with E-state index in [0.717, 1.165) is 62.7 Å². The number of hydrogen-bond acceptors (Lipinski definition) is 6. The first-order valence-corrected chi connectivity index (χ1v) is 11.3. The van der Waals surface area contributed by atoms with Crippen molar-refractivity contribution in [2.75, 3.05) is 18.5 Å². The monoisotopic (exact) mass is 416 g/mol. The Morgan fingerprint density at radius 1 is 1.03 bits per heavy atom. The minimum absolute atomic E-state index is 0.332. The molecule has 0 saturated carbocycles. The summed E-state index contributed by atoms with van der Waals surface area (Å²) in [5.74, 6) is 1.01. The van der Waals surface area contributed by atoms with Crippen LogP contribution in [0.15, 0.2) is 47.4 Å². The van der Waals surface area contributed by atoms with Gasteiger partial charge < -0.3 is 14.8 Å². The molecule has 5 nitrogen and oxygen atoms in total. The van der Waals surface area contributed by atoms with Gasteiger partial charge in [0.15, 0.2) is 5.75 Å². The smallest absolute Gasteiger partial charge is 0.338 e. The SMILES string of the molecule is CCCCCCOC(=O)c1cc(NCCCC)c(Oc2ccccc2)c(SN)c1. The van der Waals surface area contributed by atoms with Gasteiger partial charge in [-0.3, -0.25) is 5.14 Å². The maximum Gasteiger partial charge on any atom is 0.338 e. The molecule has 0 spiro atoms. The van der Waals surface area contributed by atoms with Crippen LogP contribution in [0.25, 0.3) is 0 Å². The van der Waals surface area contributed by atoms with Crippen LogP contribution in [-0.4, -0.2) is 19.1 Å². The van der Waals surface area contributed by atoms with Crippen molar-refractivity contribution >= 4 is 23.6 Å². The van der Waals surface area contributed by atoms with Crippen molar-refractivity contribution in [2.24, 2.45) is 5.14 Å². The molecule has 3 N–H and O–H groups in total. The van der Waals surface area contributed by atoms with Gasteiger partial charge in [0.1, 0.15) is 5.75 Å². The third-order valence-electron chi connectivity index (χ3n) is 4.46. The van der Waals surface area contributed by atoms with Gasteiger partial charge in [0, 0.05) is 6.54 Å². The normalized spacial score (nSPS) is 10.6. The topological polar surface area (TPSA) is 73.6 Å². The van der Waals surface area contributed by atoms with Crippen LogP contribution >= 0.6 is 11.9 Å². The molecule has 0 fully saturated rings. The van der Waals surface area contributed by atoms with Gasteiger partial charge in [-0.05, 0) is 49.1 Å². The van der Waals surface area contributed by atoms with Crippen molar-refractivity contribution in [3.05, 3.63) is 48.0 Å². The third-order valence-corrected chi connectivity index (χ3v) is 5.01. The lowest BCUT2D eigenvalue weighted by Gasteiger charge is -2.17. The quantitative estimate of drug-likeness (QED) is 0.224. The van der Waals surface area contributed by atoms with Crippen LogP contribution in [0.4, 0.5) is 5.69 Å². The summed E-state index contributed by atoms with van der Waals surface area (Å²) in [5.41, 5.74) is 1.23. The molecule has 0 aromatic heterocycles. The Bertz CT molecular complexity index is 753. The molecule has 0 aliphatic carbocycles. The average Bonchev–Trinajstić information content (AvgIpc) is 2.75. The fraction of sp³-hybridized carbons (Fsp3) is 0.435. The molecule has 29 heavy (non-hydrogen) atoms. The van der Waals surface area contributed by atoms with Crippen molar-refractivity contribution in [2.45, 2.75) is 57.3 Å². The maximum atomic E-state index is 12.6. The van der Waals surface area contributed by atoms with Crippen molar-refractivity contribution in [3.63, 3.8) is 0 Å². The van der Waals surface area contributed by atoms with Crippen molar-refractivity contribution in [1.29, 1.82) is 0 Å². The van der Waals surface area contributed by atoms with Gasteiger partial charge in [0.2, 0.25) is 0 Å². The van der Waals surface area contributed by atoms with Crippen molar-refractivity contribution in [1.82, 2.24) is 0 Å². The molecule has 0 aliphatic rings. The molecule has 0 amide bonds. The van der Waals surface area contributed by atoms with E-state index in [1.807, 2.05) is 30.3 Å². The summed E-state index contributed by atoms with van der Waals surface area (Å²) >= 11 is 1.06. The van der Waals surface area contributed by atoms with Crippen LogP contribution in [0.2, 0.25) is 0 Å². The van der Waals surface area contributed by atoms with E-state index < -0.39 is 0 Å². The Hall–Kier alpha value is -2.18. The Morgan fingerprint density at radius 3 is 2.48 bits per heavy atom. The number of esters is 1. The van der Waals surface area contributed by atoms with E-state index in [9.17, 15) is 4.79 Å². The number of para-hydroxylation sites is 1. The lowest BCUT2D eigenvalue weighted by Crippen LogP contribution is -2.10. The van der Waals surface area contributed by atoms with E-state index >= 15 is 0 Å². The molecule has 0 aliphatic heterocycles. The first-order chi connectivity index (χ1) is 14.2. The first kappa shape index (κ1) is 23.1. The number of hydrogen-bond donors (Lipinski definition) is 2. The number of benzene rings is 2. The van der Waals surface area contributed by atoms with Crippen LogP contribution in [-0.2, 0) is 4.74 Å². The van der Waals surface area contributed by atoms with E-state index in [0.29, 0.717) is 28.6 Å². The van der Waals surface area contributed by atoms with Gasteiger partial charge in [0.25, 0.3) is 0 Å². The molecule has 158 valence electrons. The van der Waals surface area contributed by atoms with Crippen LogP contribution in [0, 0.1) is 0 Å². The fourth-order valence-corrected chi connectivity index (χ4v) is 3.28. The lowest BCUT2D eigenvalue weighted by atomic mass is 10.1. The summed E-state index contributed by atoms with van der Waals surface area (Å²) < 4.78 is 11.6. The van der Waals surface area contributed by atoms with Gasteiger partial charge in [-0.1, -0.05) is 57.7 Å². The molecule has 2 aromatic carbocycles. The zero-order valence-electron chi connectivity index (χ0n) is 17.4. The number of unbranched alkanes of at least 4 members (excludes halogenated alkanes) is 4. The molecular weight excluding hydrogens is 384 g/mol. The molecule has 0 heterocycles. The molecule has 0 unspecified atom stereocenters. The first-order valence-electron chi connectivity index (χ1n) is 10.4. The second-order valence-corrected chi connectivity index (χ2v) is 7.54. The fourth-order valence-electron chi connectivity index (χ4n) is 2.83. The van der Waals surface area contributed by atoms with Crippen LogP contribution in [0.3, 0.4) is 0 Å². The average molecular weight is 417 g/mol. The summed E-state index contributed by atoms with van der Waals surface area (Å²) in [6, 6.07) is 13.1. The largest absolute Gasteiger partial charge is 0.462 e. The van der Waals surface area contributed by atoms with Crippen LogP contribution in [0.5, 0.6) is 11.5 Å². The number of nitrogens with two attached hydrogens (primary N) is 1. The molecular formula is C23H32N2O3S. The van der Waals surface area contributed by atoms with Gasteiger partial charge >= 0.3 is 5.97 Å². The summed E-state index contributed by atoms with van der Waals surface area (Å²) in [6.07, 6.45) is 6.35. The molecule has 6 heteroatoms. The Morgan fingerprint density at radius 2 is 1.79 bits per heavy atom. The Balaban J connectivity index is 2.22. The minimum atomic E-state index is -0.332. The van der Waals surface area contributed by atoms with Crippen LogP contribution in [0.1, 0.15) is 62.7 Å². The molecule has 0 radical (unpaired) electrons. The molecule has 0 bridgehead atoms. The minimum Gasteiger partial charge on any atom is -0.462 e. The summed E-state index contributed by atoms with van der Waals surface area (Å²) in [7, 11) is 0. The lowest BCUT2D eigenvalue weighted by molar-refractivity contribution is 0.0497. The second-order valence-electron chi connectivity index (χ2n) is 6.86. The molecule has 2 rings (SSSR count). The second kappa shape index (κ2) is 13.1. The Labute approximate surface area is 178 Å². The summed E-state index contributed by atoms with van der Waals surface area (Å²) in [6.45, 7) is 5.51. The number of carbonyl (C=O) groups is 1. The molecule has 0 atom stereocenters. The number of nitrogens with one attached hydrogen (secondary N) is 1. The molecule has 0 saturated heterocycles. The summed E-state index contributed by atoms with van der Waals surface area (Å²) in [5, 5.41) is 9.30. The van der Waals surface area contributed by atoms with Gasteiger partial charge in [-0.15, -0.1) is 0 Å². The highest BCUT2D eigenvalue weighted by Gasteiger charge is 2.18. The van der Waals surface area contributed by atoms with E-state index in [1.165, 1.54) is 0 Å². The van der Waals surface area contributed by atoms with Crippen LogP contribution < -0.4 is 15.2 Å². The summed E-state index contributed by atoms with van der Waals surface area (Å²) in [4.78, 5) is 13.2. The highest BCUT2D eigenvalue weighted by molar-refractivity contribution is 7.97. The highest BCUT2D eigenvalue weighted by Crippen LogP contribution is 2.39. The van der Waals surface area contributed by atoms with Gasteiger partial charge in [-0.2, -0.15) is 0 Å². The van der Waals surface area contributed by atoms with Crippen molar-refractivity contribution in [3.8, 4) is 11.5 Å². The van der Waals surface area contributed by atoms with E-state index in [2.05, 4.69) is 19.2 Å². The predicted molar refractivity (Wildman–Crippen MR) is 121 cm³/mol. The number of ether oxygens (including phenoxy) is 2.